The van der Waals surface area contributed by atoms with Gasteiger partial charge < -0.3 is 9.47 Å². The van der Waals surface area contributed by atoms with Crippen molar-refractivity contribution < 1.29 is 9.47 Å². The highest BCUT2D eigenvalue weighted by Gasteiger charge is 2.35. The minimum Gasteiger partial charge on any atom is -0.482 e. The Morgan fingerprint density at radius 1 is 0.812 bits per heavy atom. The van der Waals surface area contributed by atoms with Crippen LogP contribution in [0.4, 0.5) is 0 Å². The number of fused-ring (bicyclic) bond motifs is 1. The van der Waals surface area contributed by atoms with Crippen molar-refractivity contribution >= 4 is 0 Å². The summed E-state index contributed by atoms with van der Waals surface area (Å²) in [5, 5.41) is 0. The molecule has 2 heteroatoms. The molecular formula is C14H20O2. The second kappa shape index (κ2) is 4.36. The van der Waals surface area contributed by atoms with E-state index in [4.69, 9.17) is 9.47 Å². The van der Waals surface area contributed by atoms with E-state index < -0.39 is 0 Å². The van der Waals surface area contributed by atoms with Crippen molar-refractivity contribution in [2.75, 3.05) is 0 Å². The first kappa shape index (κ1) is 11.3. The Balaban J connectivity index is 2.29. The van der Waals surface area contributed by atoms with Gasteiger partial charge in [-0.2, -0.15) is 0 Å². The molecule has 2 rings (SSSR count). The van der Waals surface area contributed by atoms with Crippen LogP contribution in [-0.4, -0.2) is 12.2 Å². The summed E-state index contributed by atoms with van der Waals surface area (Å²) in [6.07, 6.45) is 0.296. The van der Waals surface area contributed by atoms with E-state index >= 15 is 0 Å². The predicted octanol–water partition coefficient (Wildman–Crippen LogP) is 3.51. The van der Waals surface area contributed by atoms with E-state index in [-0.39, 0.29) is 12.2 Å². The van der Waals surface area contributed by atoms with Gasteiger partial charge in [0.25, 0.3) is 0 Å². The molecule has 2 nitrogen and oxygen atoms in total. The smallest absolute Gasteiger partial charge is 0.161 e. The van der Waals surface area contributed by atoms with Gasteiger partial charge in [0.1, 0.15) is 12.2 Å². The average molecular weight is 220 g/mol. The lowest BCUT2D eigenvalue weighted by atomic mass is 9.92. The van der Waals surface area contributed by atoms with Crippen molar-refractivity contribution in [2.24, 2.45) is 11.8 Å². The molecule has 1 aromatic rings. The van der Waals surface area contributed by atoms with Crippen LogP contribution in [0.25, 0.3) is 0 Å². The molecule has 0 amide bonds. The van der Waals surface area contributed by atoms with Crippen molar-refractivity contribution in [1.82, 2.24) is 0 Å². The minimum atomic E-state index is 0.148. The average Bonchev–Trinajstić information content (AvgIpc) is 2.27. The molecular weight excluding hydrogens is 200 g/mol. The molecule has 16 heavy (non-hydrogen) atoms. The van der Waals surface area contributed by atoms with Gasteiger partial charge in [-0.05, 0) is 24.0 Å². The van der Waals surface area contributed by atoms with E-state index in [1.807, 2.05) is 24.3 Å². The highest BCUT2D eigenvalue weighted by Crippen LogP contribution is 2.37. The second-order valence-corrected chi connectivity index (χ2v) is 5.10. The predicted molar refractivity (Wildman–Crippen MR) is 65.0 cm³/mol. The fraction of sp³-hybridized carbons (Fsp3) is 0.571. The van der Waals surface area contributed by atoms with Gasteiger partial charge in [0.15, 0.2) is 11.5 Å². The number of rotatable bonds is 2. The van der Waals surface area contributed by atoms with E-state index in [2.05, 4.69) is 27.7 Å². The SMILES string of the molecule is CC(C)C1Oc2ccccc2OC1C(C)C. The van der Waals surface area contributed by atoms with Crippen molar-refractivity contribution in [2.45, 2.75) is 39.9 Å². The molecule has 1 heterocycles. The third kappa shape index (κ3) is 2.01. The first-order chi connectivity index (χ1) is 7.59. The lowest BCUT2D eigenvalue weighted by molar-refractivity contribution is -0.0280. The van der Waals surface area contributed by atoms with Gasteiger partial charge in [0.05, 0.1) is 0 Å². The fourth-order valence-corrected chi connectivity index (χ4v) is 2.10. The zero-order valence-corrected chi connectivity index (χ0v) is 10.4. The molecule has 0 spiro atoms. The Morgan fingerprint density at radius 3 is 1.50 bits per heavy atom. The molecule has 0 aliphatic carbocycles. The summed E-state index contributed by atoms with van der Waals surface area (Å²) in [7, 11) is 0. The van der Waals surface area contributed by atoms with Crippen LogP contribution in [0.3, 0.4) is 0 Å². The van der Waals surface area contributed by atoms with Gasteiger partial charge in [-0.15, -0.1) is 0 Å². The topological polar surface area (TPSA) is 18.5 Å². The van der Waals surface area contributed by atoms with E-state index in [9.17, 15) is 0 Å². The fourth-order valence-electron chi connectivity index (χ4n) is 2.10. The molecule has 1 aromatic carbocycles. The number of ether oxygens (including phenoxy) is 2. The molecule has 0 N–H and O–H groups in total. The summed E-state index contributed by atoms with van der Waals surface area (Å²) >= 11 is 0. The maximum absolute atomic E-state index is 6.04. The van der Waals surface area contributed by atoms with Crippen LogP contribution in [-0.2, 0) is 0 Å². The number of hydrogen-bond donors (Lipinski definition) is 0. The number of hydrogen-bond acceptors (Lipinski definition) is 2. The molecule has 1 aliphatic heterocycles. The van der Waals surface area contributed by atoms with Gasteiger partial charge in [0.2, 0.25) is 0 Å². The van der Waals surface area contributed by atoms with Crippen LogP contribution in [0, 0.1) is 11.8 Å². The molecule has 0 saturated carbocycles. The number of para-hydroxylation sites is 2. The second-order valence-electron chi connectivity index (χ2n) is 5.10. The molecule has 1 aliphatic rings. The first-order valence-corrected chi connectivity index (χ1v) is 6.02. The van der Waals surface area contributed by atoms with Crippen LogP contribution < -0.4 is 9.47 Å². The summed E-state index contributed by atoms with van der Waals surface area (Å²) in [6.45, 7) is 8.71. The van der Waals surface area contributed by atoms with Crippen LogP contribution >= 0.6 is 0 Å². The highest BCUT2D eigenvalue weighted by molar-refractivity contribution is 5.41. The quantitative estimate of drug-likeness (QED) is 0.759. The summed E-state index contributed by atoms with van der Waals surface area (Å²) in [5.41, 5.74) is 0. The monoisotopic (exact) mass is 220 g/mol. The van der Waals surface area contributed by atoms with E-state index in [0.717, 1.165) is 11.5 Å². The molecule has 0 fully saturated rings. The largest absolute Gasteiger partial charge is 0.482 e. The Labute approximate surface area is 97.6 Å². The third-order valence-electron chi connectivity index (χ3n) is 3.01. The van der Waals surface area contributed by atoms with Crippen molar-refractivity contribution in [3.63, 3.8) is 0 Å². The minimum absolute atomic E-state index is 0.148. The molecule has 0 bridgehead atoms. The molecule has 0 aromatic heterocycles. The van der Waals surface area contributed by atoms with Crippen molar-refractivity contribution in [3.05, 3.63) is 24.3 Å². The highest BCUT2D eigenvalue weighted by atomic mass is 16.6. The molecule has 88 valence electrons. The maximum Gasteiger partial charge on any atom is 0.161 e. The van der Waals surface area contributed by atoms with Gasteiger partial charge in [0, 0.05) is 0 Å². The Kier molecular flexibility index (Phi) is 3.08. The molecule has 0 radical (unpaired) electrons. The first-order valence-electron chi connectivity index (χ1n) is 6.02. The summed E-state index contributed by atoms with van der Waals surface area (Å²) in [4.78, 5) is 0. The Morgan fingerprint density at radius 2 is 1.19 bits per heavy atom. The van der Waals surface area contributed by atoms with Crippen LogP contribution in [0.15, 0.2) is 24.3 Å². The zero-order chi connectivity index (χ0) is 11.7. The van der Waals surface area contributed by atoms with E-state index in [1.165, 1.54) is 0 Å². The van der Waals surface area contributed by atoms with Crippen molar-refractivity contribution in [1.29, 1.82) is 0 Å². The summed E-state index contributed by atoms with van der Waals surface area (Å²) in [5.74, 6) is 2.66. The number of benzene rings is 1. The van der Waals surface area contributed by atoms with Crippen LogP contribution in [0.1, 0.15) is 27.7 Å². The van der Waals surface area contributed by atoms with E-state index in [1.54, 1.807) is 0 Å². The van der Waals surface area contributed by atoms with Crippen LogP contribution in [0.2, 0.25) is 0 Å². The normalized spacial score (nSPS) is 23.9. The van der Waals surface area contributed by atoms with Gasteiger partial charge >= 0.3 is 0 Å². The third-order valence-corrected chi connectivity index (χ3v) is 3.01. The standard InChI is InChI=1S/C14H20O2/c1-9(2)13-14(10(3)4)16-12-8-6-5-7-11(12)15-13/h5-10,13-14H,1-4H3. The van der Waals surface area contributed by atoms with Crippen molar-refractivity contribution in [3.8, 4) is 11.5 Å². The summed E-state index contributed by atoms with van der Waals surface area (Å²) in [6, 6.07) is 7.91. The van der Waals surface area contributed by atoms with E-state index in [0.29, 0.717) is 11.8 Å². The Hall–Kier alpha value is -1.18. The Bertz CT molecular complexity index is 323. The van der Waals surface area contributed by atoms with Crippen LogP contribution in [0.5, 0.6) is 11.5 Å². The lowest BCUT2D eigenvalue weighted by Gasteiger charge is -2.38. The molecule has 2 atom stereocenters. The summed E-state index contributed by atoms with van der Waals surface area (Å²) < 4.78 is 12.1. The van der Waals surface area contributed by atoms with Gasteiger partial charge in [-0.25, -0.2) is 0 Å². The lowest BCUT2D eigenvalue weighted by Crippen LogP contribution is -2.46. The molecule has 2 unspecified atom stereocenters. The molecule has 0 saturated heterocycles. The zero-order valence-electron chi connectivity index (χ0n) is 10.4. The van der Waals surface area contributed by atoms with Gasteiger partial charge in [-0.3, -0.25) is 0 Å². The van der Waals surface area contributed by atoms with Gasteiger partial charge in [-0.1, -0.05) is 39.8 Å². The maximum atomic E-state index is 6.04.